The first-order chi connectivity index (χ1) is 14.2. The first kappa shape index (κ1) is 19.6. The zero-order valence-electron chi connectivity index (χ0n) is 16.6. The van der Waals surface area contributed by atoms with E-state index in [1.54, 1.807) is 0 Å². The standard InChI is InChI=1S/C23H26N2O4/c1-17-22(16-25-11-13-27-21(15-25)10-12-26)24-23(28-17)18-6-5-9-20(14-18)29-19-7-3-2-4-8-19/h2-9,14,21,26H,10-13,15-16H2,1H3. The number of nitrogens with zero attached hydrogens (tertiary/aromatic N) is 2. The van der Waals surface area contributed by atoms with Crippen LogP contribution in [0.1, 0.15) is 17.9 Å². The van der Waals surface area contributed by atoms with E-state index in [9.17, 15) is 0 Å². The van der Waals surface area contributed by atoms with Crippen LogP contribution in [0.4, 0.5) is 0 Å². The van der Waals surface area contributed by atoms with Crippen molar-refractivity contribution in [2.24, 2.45) is 0 Å². The van der Waals surface area contributed by atoms with Gasteiger partial charge in [-0.15, -0.1) is 0 Å². The fourth-order valence-corrected chi connectivity index (χ4v) is 3.47. The summed E-state index contributed by atoms with van der Waals surface area (Å²) in [6.07, 6.45) is 0.737. The van der Waals surface area contributed by atoms with Crippen LogP contribution in [0.3, 0.4) is 0 Å². The lowest BCUT2D eigenvalue weighted by Gasteiger charge is -2.32. The zero-order valence-corrected chi connectivity index (χ0v) is 16.6. The highest BCUT2D eigenvalue weighted by molar-refractivity contribution is 5.57. The molecule has 1 aliphatic rings. The fourth-order valence-electron chi connectivity index (χ4n) is 3.47. The Labute approximate surface area is 170 Å². The maximum atomic E-state index is 9.15. The monoisotopic (exact) mass is 394 g/mol. The third kappa shape index (κ3) is 5.03. The molecule has 1 N–H and O–H groups in total. The minimum atomic E-state index is 0.0762. The average Bonchev–Trinajstić information content (AvgIpc) is 3.10. The molecule has 0 aliphatic carbocycles. The largest absolute Gasteiger partial charge is 0.457 e. The first-order valence-corrected chi connectivity index (χ1v) is 9.96. The second-order valence-corrected chi connectivity index (χ2v) is 7.21. The number of aliphatic hydroxyl groups is 1. The Morgan fingerprint density at radius 3 is 2.79 bits per heavy atom. The Balaban J connectivity index is 1.47. The Morgan fingerprint density at radius 2 is 1.97 bits per heavy atom. The molecule has 1 aromatic heterocycles. The van der Waals surface area contributed by atoms with Crippen LogP contribution in [0.25, 0.3) is 11.5 Å². The number of rotatable bonds is 7. The molecule has 6 nitrogen and oxygen atoms in total. The van der Waals surface area contributed by atoms with Crippen LogP contribution in [0.5, 0.6) is 11.5 Å². The van der Waals surface area contributed by atoms with Gasteiger partial charge in [-0.05, 0) is 43.7 Å². The van der Waals surface area contributed by atoms with Crippen LogP contribution in [-0.4, -0.2) is 47.4 Å². The van der Waals surface area contributed by atoms with Crippen LogP contribution in [-0.2, 0) is 11.3 Å². The van der Waals surface area contributed by atoms with E-state index < -0.39 is 0 Å². The summed E-state index contributed by atoms with van der Waals surface area (Å²) in [6.45, 7) is 5.12. The molecule has 1 aliphatic heterocycles. The van der Waals surface area contributed by atoms with Gasteiger partial charge in [0.15, 0.2) is 0 Å². The van der Waals surface area contributed by atoms with Gasteiger partial charge in [0.25, 0.3) is 0 Å². The molecular weight excluding hydrogens is 368 g/mol. The summed E-state index contributed by atoms with van der Waals surface area (Å²) in [5.74, 6) is 2.94. The van der Waals surface area contributed by atoms with Crippen molar-refractivity contribution in [1.29, 1.82) is 0 Å². The van der Waals surface area contributed by atoms with Crippen molar-refractivity contribution in [2.75, 3.05) is 26.3 Å². The van der Waals surface area contributed by atoms with Gasteiger partial charge in [0.05, 0.1) is 18.4 Å². The molecule has 29 heavy (non-hydrogen) atoms. The van der Waals surface area contributed by atoms with Gasteiger partial charge in [-0.2, -0.15) is 0 Å². The number of aliphatic hydroxyl groups excluding tert-OH is 1. The molecule has 2 aromatic carbocycles. The molecule has 0 bridgehead atoms. The molecule has 2 heterocycles. The normalized spacial score (nSPS) is 17.4. The number of morpholine rings is 1. The lowest BCUT2D eigenvalue weighted by molar-refractivity contribution is -0.0411. The summed E-state index contributed by atoms with van der Waals surface area (Å²) in [5, 5.41) is 9.15. The van der Waals surface area contributed by atoms with E-state index >= 15 is 0 Å². The van der Waals surface area contributed by atoms with Crippen LogP contribution in [0.15, 0.2) is 59.0 Å². The summed E-state index contributed by atoms with van der Waals surface area (Å²) in [5.41, 5.74) is 1.81. The SMILES string of the molecule is Cc1oc(-c2cccc(Oc3ccccc3)c2)nc1CN1CCOC(CCO)C1. The van der Waals surface area contributed by atoms with Gasteiger partial charge in [0.2, 0.25) is 5.89 Å². The van der Waals surface area contributed by atoms with Gasteiger partial charge in [-0.25, -0.2) is 4.98 Å². The molecule has 6 heteroatoms. The third-order valence-corrected chi connectivity index (χ3v) is 5.00. The van der Waals surface area contributed by atoms with E-state index in [1.807, 2.05) is 61.5 Å². The van der Waals surface area contributed by atoms with Gasteiger partial charge in [-0.1, -0.05) is 24.3 Å². The van der Waals surface area contributed by atoms with Gasteiger partial charge < -0.3 is 19.0 Å². The lowest BCUT2D eigenvalue weighted by atomic mass is 10.2. The van der Waals surface area contributed by atoms with E-state index in [0.717, 1.165) is 41.6 Å². The summed E-state index contributed by atoms with van der Waals surface area (Å²) < 4.78 is 17.6. The van der Waals surface area contributed by atoms with E-state index in [2.05, 4.69) is 4.90 Å². The number of para-hydroxylation sites is 1. The summed E-state index contributed by atoms with van der Waals surface area (Å²) in [6, 6.07) is 17.5. The average molecular weight is 394 g/mol. The predicted octanol–water partition coefficient (Wildman–Crippen LogP) is 4.03. The molecule has 1 unspecified atom stereocenters. The molecule has 152 valence electrons. The van der Waals surface area contributed by atoms with Gasteiger partial charge in [0.1, 0.15) is 17.3 Å². The number of oxazole rings is 1. The van der Waals surface area contributed by atoms with Crippen LogP contribution < -0.4 is 4.74 Å². The number of aromatic nitrogens is 1. The highest BCUT2D eigenvalue weighted by atomic mass is 16.5. The molecule has 1 atom stereocenters. The van der Waals surface area contributed by atoms with E-state index in [-0.39, 0.29) is 12.7 Å². The molecule has 1 saturated heterocycles. The van der Waals surface area contributed by atoms with E-state index in [4.69, 9.17) is 24.0 Å². The highest BCUT2D eigenvalue weighted by Crippen LogP contribution is 2.28. The second-order valence-electron chi connectivity index (χ2n) is 7.21. The number of ether oxygens (including phenoxy) is 2. The van der Waals surface area contributed by atoms with Crippen molar-refractivity contribution in [2.45, 2.75) is 26.0 Å². The summed E-state index contributed by atoms with van der Waals surface area (Å²) >= 11 is 0. The molecule has 0 amide bonds. The Morgan fingerprint density at radius 1 is 1.14 bits per heavy atom. The molecule has 0 spiro atoms. The lowest BCUT2D eigenvalue weighted by Crippen LogP contribution is -2.42. The van der Waals surface area contributed by atoms with Crippen molar-refractivity contribution >= 4 is 0 Å². The van der Waals surface area contributed by atoms with E-state index in [0.29, 0.717) is 25.5 Å². The second kappa shape index (κ2) is 9.22. The van der Waals surface area contributed by atoms with Crippen molar-refractivity contribution in [3.63, 3.8) is 0 Å². The van der Waals surface area contributed by atoms with Crippen LogP contribution >= 0.6 is 0 Å². The molecule has 3 aromatic rings. The number of hydrogen-bond acceptors (Lipinski definition) is 6. The fraction of sp³-hybridized carbons (Fsp3) is 0.348. The topological polar surface area (TPSA) is 68.0 Å². The molecule has 0 saturated carbocycles. The van der Waals surface area contributed by atoms with Gasteiger partial charge in [0, 0.05) is 31.8 Å². The van der Waals surface area contributed by atoms with Crippen molar-refractivity contribution < 1.29 is 19.0 Å². The van der Waals surface area contributed by atoms with Crippen molar-refractivity contribution in [1.82, 2.24) is 9.88 Å². The highest BCUT2D eigenvalue weighted by Gasteiger charge is 2.22. The maximum absolute atomic E-state index is 9.15. The third-order valence-electron chi connectivity index (χ3n) is 5.00. The van der Waals surface area contributed by atoms with Gasteiger partial charge >= 0.3 is 0 Å². The number of aryl methyl sites for hydroxylation is 1. The smallest absolute Gasteiger partial charge is 0.226 e. The van der Waals surface area contributed by atoms with Crippen LogP contribution in [0.2, 0.25) is 0 Å². The predicted molar refractivity (Wildman–Crippen MR) is 110 cm³/mol. The van der Waals surface area contributed by atoms with Gasteiger partial charge in [-0.3, -0.25) is 4.90 Å². The maximum Gasteiger partial charge on any atom is 0.226 e. The minimum absolute atomic E-state index is 0.0762. The summed E-state index contributed by atoms with van der Waals surface area (Å²) in [4.78, 5) is 7.04. The van der Waals surface area contributed by atoms with E-state index in [1.165, 1.54) is 0 Å². The molecule has 4 rings (SSSR count). The molecule has 0 radical (unpaired) electrons. The van der Waals surface area contributed by atoms with Crippen LogP contribution in [0, 0.1) is 6.92 Å². The Hall–Kier alpha value is -2.67. The molecular formula is C23H26N2O4. The zero-order chi connectivity index (χ0) is 20.1. The Kier molecular flexibility index (Phi) is 6.24. The number of hydrogen-bond donors (Lipinski definition) is 1. The first-order valence-electron chi connectivity index (χ1n) is 9.96. The molecule has 1 fully saturated rings. The van der Waals surface area contributed by atoms with Crippen molar-refractivity contribution in [3.05, 3.63) is 66.1 Å². The quantitative estimate of drug-likeness (QED) is 0.653. The summed E-state index contributed by atoms with van der Waals surface area (Å²) in [7, 11) is 0. The Bertz CT molecular complexity index is 924. The number of benzene rings is 2. The van der Waals surface area contributed by atoms with Crippen molar-refractivity contribution in [3.8, 4) is 23.0 Å². The minimum Gasteiger partial charge on any atom is -0.457 e.